The van der Waals surface area contributed by atoms with E-state index >= 15 is 0 Å². The zero-order chi connectivity index (χ0) is 23.2. The lowest BCUT2D eigenvalue weighted by Crippen LogP contribution is -2.24. The predicted molar refractivity (Wildman–Crippen MR) is 128 cm³/mol. The van der Waals surface area contributed by atoms with Crippen molar-refractivity contribution in [2.45, 2.75) is 26.5 Å². The Morgan fingerprint density at radius 2 is 1.85 bits per heavy atom. The monoisotopic (exact) mass is 461 g/mol. The highest BCUT2D eigenvalue weighted by Crippen LogP contribution is 2.20. The van der Waals surface area contributed by atoms with Crippen molar-refractivity contribution in [3.63, 3.8) is 0 Å². The molecule has 2 N–H and O–H groups in total. The molecule has 2 aromatic heterocycles. The third-order valence-corrected chi connectivity index (χ3v) is 5.68. The van der Waals surface area contributed by atoms with Crippen molar-refractivity contribution in [2.75, 3.05) is 10.6 Å². The van der Waals surface area contributed by atoms with Crippen LogP contribution in [0.3, 0.4) is 0 Å². The number of anilines is 2. The molecule has 0 aliphatic carbocycles. The van der Waals surface area contributed by atoms with Crippen molar-refractivity contribution in [3.05, 3.63) is 88.6 Å². The normalized spacial score (nSPS) is 11.6. The van der Waals surface area contributed by atoms with Gasteiger partial charge in [0.25, 0.3) is 5.91 Å². The van der Waals surface area contributed by atoms with Gasteiger partial charge in [0.1, 0.15) is 29.1 Å². The first-order chi connectivity index (χ1) is 16.0. The molecule has 8 nitrogen and oxygen atoms in total. The lowest BCUT2D eigenvalue weighted by Gasteiger charge is -2.13. The Balaban J connectivity index is 1.34. The average molecular weight is 462 g/mol. The van der Waals surface area contributed by atoms with Crippen molar-refractivity contribution in [1.29, 1.82) is 0 Å². The Morgan fingerprint density at radius 1 is 1.09 bits per heavy atom. The molecular formula is C24H23N5O3S. The second-order valence-corrected chi connectivity index (χ2v) is 8.36. The maximum Gasteiger partial charge on any atom is 0.275 e. The van der Waals surface area contributed by atoms with Crippen LogP contribution < -0.4 is 15.4 Å². The average Bonchev–Trinajstić information content (AvgIpc) is 3.51. The molecule has 0 fully saturated rings. The second kappa shape index (κ2) is 10.1. The summed E-state index contributed by atoms with van der Waals surface area (Å²) < 4.78 is 7.30. The molecule has 1 atom stereocenters. The summed E-state index contributed by atoms with van der Waals surface area (Å²) in [6.07, 6.45) is 3.35. The van der Waals surface area contributed by atoms with Crippen LogP contribution >= 0.6 is 11.3 Å². The van der Waals surface area contributed by atoms with Crippen LogP contribution in [0, 0.1) is 6.92 Å². The SMILES string of the molecule is Cc1ccc(OCc2nc(C(=O)Nc3cccc(NC(=O)C(C)n4cccn4)c3)cs2)cc1. The molecule has 0 spiro atoms. The third kappa shape index (κ3) is 5.83. The van der Waals surface area contributed by atoms with Crippen LogP contribution in [0.2, 0.25) is 0 Å². The van der Waals surface area contributed by atoms with Crippen LogP contribution in [0.1, 0.15) is 34.0 Å². The number of nitrogens with one attached hydrogen (secondary N) is 2. The van der Waals surface area contributed by atoms with Gasteiger partial charge in [-0.15, -0.1) is 11.3 Å². The van der Waals surface area contributed by atoms with E-state index in [1.165, 1.54) is 11.3 Å². The van der Waals surface area contributed by atoms with Gasteiger partial charge in [-0.3, -0.25) is 14.3 Å². The van der Waals surface area contributed by atoms with E-state index in [-0.39, 0.29) is 18.4 Å². The molecule has 9 heteroatoms. The molecule has 0 aliphatic rings. The number of nitrogens with zero attached hydrogens (tertiary/aromatic N) is 3. The molecule has 4 rings (SSSR count). The van der Waals surface area contributed by atoms with Crippen molar-refractivity contribution < 1.29 is 14.3 Å². The molecule has 0 saturated carbocycles. The van der Waals surface area contributed by atoms with Crippen LogP contribution in [0.5, 0.6) is 5.75 Å². The zero-order valence-corrected chi connectivity index (χ0v) is 19.0. The molecule has 0 saturated heterocycles. The lowest BCUT2D eigenvalue weighted by atomic mass is 10.2. The van der Waals surface area contributed by atoms with Gasteiger partial charge in [0.15, 0.2) is 0 Å². The summed E-state index contributed by atoms with van der Waals surface area (Å²) in [5, 5.41) is 12.1. The fourth-order valence-electron chi connectivity index (χ4n) is 3.01. The second-order valence-electron chi connectivity index (χ2n) is 7.41. The van der Waals surface area contributed by atoms with Gasteiger partial charge in [-0.1, -0.05) is 23.8 Å². The summed E-state index contributed by atoms with van der Waals surface area (Å²) in [7, 11) is 0. The first-order valence-electron chi connectivity index (χ1n) is 10.3. The van der Waals surface area contributed by atoms with Gasteiger partial charge >= 0.3 is 0 Å². The number of aryl methyl sites for hydroxylation is 1. The molecule has 1 unspecified atom stereocenters. The number of hydrogen-bond acceptors (Lipinski definition) is 6. The largest absolute Gasteiger partial charge is 0.486 e. The van der Waals surface area contributed by atoms with Crippen LogP contribution in [-0.2, 0) is 11.4 Å². The number of rotatable bonds is 8. The molecule has 0 radical (unpaired) electrons. The van der Waals surface area contributed by atoms with E-state index in [2.05, 4.69) is 20.7 Å². The molecule has 2 amide bonds. The van der Waals surface area contributed by atoms with Crippen LogP contribution in [0.4, 0.5) is 11.4 Å². The minimum absolute atomic E-state index is 0.208. The minimum atomic E-state index is -0.464. The van der Waals surface area contributed by atoms with E-state index in [1.54, 1.807) is 59.7 Å². The molecular weight excluding hydrogens is 438 g/mol. The summed E-state index contributed by atoms with van der Waals surface area (Å²) in [6, 6.07) is 16.0. The quantitative estimate of drug-likeness (QED) is 0.397. The number of amides is 2. The highest BCUT2D eigenvalue weighted by atomic mass is 32.1. The number of carbonyl (C=O) groups is 2. The Morgan fingerprint density at radius 3 is 2.58 bits per heavy atom. The maximum absolute atomic E-state index is 12.6. The highest BCUT2D eigenvalue weighted by Gasteiger charge is 2.16. The standard InChI is InChI=1S/C24H23N5O3S/c1-16-7-9-20(10-8-16)32-14-22-28-21(15-33-22)24(31)27-19-6-3-5-18(13-19)26-23(30)17(2)29-12-4-11-25-29/h3-13,15,17H,14H2,1-2H3,(H,26,30)(H,27,31). The first kappa shape index (κ1) is 22.2. The van der Waals surface area contributed by atoms with E-state index in [1.807, 2.05) is 31.2 Å². The van der Waals surface area contributed by atoms with E-state index in [4.69, 9.17) is 4.74 Å². The fraction of sp³-hybridized carbons (Fsp3) is 0.167. The molecule has 33 heavy (non-hydrogen) atoms. The number of benzene rings is 2. The van der Waals surface area contributed by atoms with Gasteiger partial charge in [0, 0.05) is 29.1 Å². The highest BCUT2D eigenvalue weighted by molar-refractivity contribution is 7.09. The topological polar surface area (TPSA) is 98.1 Å². The van der Waals surface area contributed by atoms with Gasteiger partial charge in [-0.25, -0.2) is 4.98 Å². The summed E-state index contributed by atoms with van der Waals surface area (Å²) in [5.74, 6) is 0.212. The van der Waals surface area contributed by atoms with Crippen LogP contribution in [0.15, 0.2) is 72.4 Å². The van der Waals surface area contributed by atoms with Crippen molar-refractivity contribution in [2.24, 2.45) is 0 Å². The number of thiazole rings is 1. The van der Waals surface area contributed by atoms with Gasteiger partial charge in [0.2, 0.25) is 5.91 Å². The molecule has 2 heterocycles. The molecule has 4 aromatic rings. The Labute approximate surface area is 195 Å². The fourth-order valence-corrected chi connectivity index (χ4v) is 3.69. The van der Waals surface area contributed by atoms with Crippen molar-refractivity contribution in [3.8, 4) is 5.75 Å². The summed E-state index contributed by atoms with van der Waals surface area (Å²) >= 11 is 1.36. The Hall–Kier alpha value is -3.98. The Bertz CT molecular complexity index is 1240. The number of ether oxygens (including phenoxy) is 1. The van der Waals surface area contributed by atoms with Gasteiger partial charge in [-0.2, -0.15) is 5.10 Å². The summed E-state index contributed by atoms with van der Waals surface area (Å²) in [6.45, 7) is 4.06. The lowest BCUT2D eigenvalue weighted by molar-refractivity contribution is -0.119. The van der Waals surface area contributed by atoms with Crippen molar-refractivity contribution in [1.82, 2.24) is 14.8 Å². The molecule has 0 bridgehead atoms. The predicted octanol–water partition coefficient (Wildman–Crippen LogP) is 4.68. The van der Waals surface area contributed by atoms with E-state index in [0.717, 1.165) is 11.3 Å². The van der Waals surface area contributed by atoms with Gasteiger partial charge in [-0.05, 0) is 50.2 Å². The third-order valence-electron chi connectivity index (χ3n) is 4.86. The molecule has 168 valence electrons. The summed E-state index contributed by atoms with van der Waals surface area (Å²) in [4.78, 5) is 29.5. The number of carbonyl (C=O) groups excluding carboxylic acids is 2. The summed E-state index contributed by atoms with van der Waals surface area (Å²) in [5.41, 5.74) is 2.59. The van der Waals surface area contributed by atoms with E-state index in [9.17, 15) is 9.59 Å². The van der Waals surface area contributed by atoms with Gasteiger partial charge < -0.3 is 15.4 Å². The van der Waals surface area contributed by atoms with Crippen LogP contribution in [-0.4, -0.2) is 26.6 Å². The molecule has 0 aliphatic heterocycles. The van der Waals surface area contributed by atoms with E-state index in [0.29, 0.717) is 22.1 Å². The number of aromatic nitrogens is 3. The maximum atomic E-state index is 12.6. The molecule has 2 aromatic carbocycles. The van der Waals surface area contributed by atoms with Crippen molar-refractivity contribution >= 4 is 34.5 Å². The van der Waals surface area contributed by atoms with Crippen LogP contribution in [0.25, 0.3) is 0 Å². The number of hydrogen-bond donors (Lipinski definition) is 2. The minimum Gasteiger partial charge on any atom is -0.486 e. The smallest absolute Gasteiger partial charge is 0.275 e. The Kier molecular flexibility index (Phi) is 6.80. The van der Waals surface area contributed by atoms with Gasteiger partial charge in [0.05, 0.1) is 0 Å². The zero-order valence-electron chi connectivity index (χ0n) is 18.2. The first-order valence-corrected chi connectivity index (χ1v) is 11.2. The van der Waals surface area contributed by atoms with E-state index < -0.39 is 6.04 Å².